The molecule has 0 aliphatic carbocycles. The largest absolute Gasteiger partial charge is 0.369 e. The predicted molar refractivity (Wildman–Crippen MR) is 104 cm³/mol. The maximum absolute atomic E-state index is 12.7. The summed E-state index contributed by atoms with van der Waals surface area (Å²) >= 11 is 0. The zero-order valence-electron chi connectivity index (χ0n) is 16.2. The van der Waals surface area contributed by atoms with Crippen LogP contribution in [0.2, 0.25) is 0 Å². The van der Waals surface area contributed by atoms with E-state index in [-0.39, 0.29) is 23.4 Å². The minimum atomic E-state index is -0.580. The summed E-state index contributed by atoms with van der Waals surface area (Å²) in [7, 11) is 0. The predicted octanol–water partition coefficient (Wildman–Crippen LogP) is 2.58. The number of fused-ring (bicyclic) bond motifs is 1. The lowest BCUT2D eigenvalue weighted by atomic mass is 9.83. The zero-order valence-corrected chi connectivity index (χ0v) is 16.2. The van der Waals surface area contributed by atoms with Gasteiger partial charge in [0.15, 0.2) is 0 Å². The summed E-state index contributed by atoms with van der Waals surface area (Å²) in [6.07, 6.45) is 2.14. The molecule has 1 aromatic carbocycles. The lowest BCUT2D eigenvalue weighted by Gasteiger charge is -2.46. The van der Waals surface area contributed by atoms with Crippen LogP contribution in [0.15, 0.2) is 24.3 Å². The molecule has 0 bridgehead atoms. The van der Waals surface area contributed by atoms with Crippen molar-refractivity contribution in [3.05, 3.63) is 24.3 Å². The molecular formula is C20H30N4O2. The number of hydrogen-bond acceptors (Lipinski definition) is 4. The van der Waals surface area contributed by atoms with Crippen LogP contribution in [0.25, 0.3) is 0 Å². The van der Waals surface area contributed by atoms with E-state index in [0.717, 1.165) is 30.9 Å². The Morgan fingerprint density at radius 2 is 1.85 bits per heavy atom. The van der Waals surface area contributed by atoms with Gasteiger partial charge >= 0.3 is 0 Å². The van der Waals surface area contributed by atoms with Crippen molar-refractivity contribution >= 4 is 23.2 Å². The van der Waals surface area contributed by atoms with Gasteiger partial charge in [-0.2, -0.15) is 0 Å². The van der Waals surface area contributed by atoms with Crippen LogP contribution in [0.3, 0.4) is 0 Å². The summed E-state index contributed by atoms with van der Waals surface area (Å²) in [4.78, 5) is 27.6. The number of rotatable bonds is 3. The van der Waals surface area contributed by atoms with Gasteiger partial charge in [-0.3, -0.25) is 14.5 Å². The summed E-state index contributed by atoms with van der Waals surface area (Å²) < 4.78 is 0. The SMILES string of the molecule is CCC(C(=O)NC(C)(C)C)N1CCC2(CC1)Nc1ccccc1NC2=O. The van der Waals surface area contributed by atoms with Crippen molar-refractivity contribution in [2.45, 2.75) is 64.1 Å². The van der Waals surface area contributed by atoms with Crippen molar-refractivity contribution < 1.29 is 9.59 Å². The maximum atomic E-state index is 12.7. The van der Waals surface area contributed by atoms with Gasteiger partial charge < -0.3 is 16.0 Å². The molecular weight excluding hydrogens is 328 g/mol. The Balaban J connectivity index is 1.68. The van der Waals surface area contributed by atoms with Crippen molar-refractivity contribution in [1.82, 2.24) is 10.2 Å². The van der Waals surface area contributed by atoms with E-state index in [4.69, 9.17) is 0 Å². The molecule has 0 radical (unpaired) electrons. The van der Waals surface area contributed by atoms with Crippen molar-refractivity contribution in [2.75, 3.05) is 23.7 Å². The number of para-hydroxylation sites is 2. The molecule has 1 atom stereocenters. The van der Waals surface area contributed by atoms with Crippen LogP contribution in [0.1, 0.15) is 47.0 Å². The summed E-state index contributed by atoms with van der Waals surface area (Å²) in [5.41, 5.74) is 0.985. The Morgan fingerprint density at radius 3 is 2.42 bits per heavy atom. The first-order valence-electron chi connectivity index (χ1n) is 9.49. The molecule has 0 aromatic heterocycles. The zero-order chi connectivity index (χ0) is 18.9. The minimum Gasteiger partial charge on any atom is -0.369 e. The third-order valence-electron chi connectivity index (χ3n) is 5.26. The highest BCUT2D eigenvalue weighted by Crippen LogP contribution is 2.36. The quantitative estimate of drug-likeness (QED) is 0.776. The molecule has 6 heteroatoms. The second-order valence-electron chi connectivity index (χ2n) is 8.41. The fourth-order valence-corrected chi connectivity index (χ4v) is 3.89. The van der Waals surface area contributed by atoms with Crippen LogP contribution in [-0.4, -0.2) is 46.9 Å². The number of nitrogens with zero attached hydrogens (tertiary/aromatic N) is 1. The molecule has 0 saturated carbocycles. The highest BCUT2D eigenvalue weighted by molar-refractivity contribution is 6.06. The number of piperidine rings is 1. The first-order chi connectivity index (χ1) is 12.2. The number of carbonyl (C=O) groups is 2. The van der Waals surface area contributed by atoms with Gasteiger partial charge in [-0.25, -0.2) is 0 Å². The molecule has 1 spiro atoms. The molecule has 6 nitrogen and oxygen atoms in total. The van der Waals surface area contributed by atoms with Crippen LogP contribution in [0, 0.1) is 0 Å². The third-order valence-corrected chi connectivity index (χ3v) is 5.26. The van der Waals surface area contributed by atoms with E-state index in [9.17, 15) is 9.59 Å². The van der Waals surface area contributed by atoms with Crippen LogP contribution in [0.5, 0.6) is 0 Å². The van der Waals surface area contributed by atoms with E-state index < -0.39 is 5.54 Å². The third kappa shape index (κ3) is 3.70. The second-order valence-corrected chi connectivity index (χ2v) is 8.41. The molecule has 2 amide bonds. The normalized spacial score (nSPS) is 20.7. The van der Waals surface area contributed by atoms with Gasteiger partial charge in [0.25, 0.3) is 0 Å². The number of amides is 2. The summed E-state index contributed by atoms with van der Waals surface area (Å²) in [5, 5.41) is 9.59. The van der Waals surface area contributed by atoms with Crippen LogP contribution < -0.4 is 16.0 Å². The number of anilines is 2. The van der Waals surface area contributed by atoms with E-state index in [0.29, 0.717) is 12.8 Å². The van der Waals surface area contributed by atoms with Crippen LogP contribution in [0.4, 0.5) is 11.4 Å². The fraction of sp³-hybridized carbons (Fsp3) is 0.600. The molecule has 1 unspecified atom stereocenters. The molecule has 2 aliphatic heterocycles. The summed E-state index contributed by atoms with van der Waals surface area (Å²) in [6, 6.07) is 7.64. The highest BCUT2D eigenvalue weighted by atomic mass is 16.2. The molecule has 2 heterocycles. The van der Waals surface area contributed by atoms with E-state index >= 15 is 0 Å². The van der Waals surface area contributed by atoms with Gasteiger partial charge in [0.05, 0.1) is 17.4 Å². The van der Waals surface area contributed by atoms with Crippen molar-refractivity contribution in [2.24, 2.45) is 0 Å². The Labute approximate surface area is 155 Å². The monoisotopic (exact) mass is 358 g/mol. The van der Waals surface area contributed by atoms with E-state index in [2.05, 4.69) is 20.9 Å². The molecule has 1 fully saturated rings. The number of nitrogens with one attached hydrogen (secondary N) is 3. The van der Waals surface area contributed by atoms with Crippen LogP contribution in [-0.2, 0) is 9.59 Å². The molecule has 142 valence electrons. The molecule has 1 aromatic rings. The lowest BCUT2D eigenvalue weighted by Crippen LogP contribution is -2.61. The molecule has 2 aliphatic rings. The summed E-state index contributed by atoms with van der Waals surface area (Å²) in [6.45, 7) is 9.47. The molecule has 3 N–H and O–H groups in total. The summed E-state index contributed by atoms with van der Waals surface area (Å²) in [5.74, 6) is 0.102. The van der Waals surface area contributed by atoms with Gasteiger partial charge in [0.2, 0.25) is 11.8 Å². The van der Waals surface area contributed by atoms with Gasteiger partial charge in [0, 0.05) is 18.6 Å². The second kappa shape index (κ2) is 6.91. The Morgan fingerprint density at radius 1 is 1.23 bits per heavy atom. The van der Waals surface area contributed by atoms with Crippen molar-refractivity contribution in [1.29, 1.82) is 0 Å². The molecule has 3 rings (SSSR count). The average molecular weight is 358 g/mol. The van der Waals surface area contributed by atoms with E-state index in [1.807, 2.05) is 52.0 Å². The highest BCUT2D eigenvalue weighted by Gasteiger charge is 2.45. The van der Waals surface area contributed by atoms with E-state index in [1.54, 1.807) is 0 Å². The van der Waals surface area contributed by atoms with Crippen LogP contribution >= 0.6 is 0 Å². The lowest BCUT2D eigenvalue weighted by molar-refractivity contribution is -0.129. The standard InChI is InChI=1S/C20H30N4O2/c1-5-16(17(25)23-19(2,3)4)24-12-10-20(11-13-24)18(26)21-14-8-6-7-9-15(14)22-20/h6-9,16,22H,5,10-13H2,1-4H3,(H,21,26)(H,23,25). The molecule has 1 saturated heterocycles. The fourth-order valence-electron chi connectivity index (χ4n) is 3.89. The minimum absolute atomic E-state index is 0.0306. The number of benzene rings is 1. The number of likely N-dealkylation sites (tertiary alicyclic amines) is 1. The number of hydrogen-bond donors (Lipinski definition) is 3. The smallest absolute Gasteiger partial charge is 0.250 e. The Bertz CT molecular complexity index is 687. The van der Waals surface area contributed by atoms with Crippen molar-refractivity contribution in [3.8, 4) is 0 Å². The van der Waals surface area contributed by atoms with Gasteiger partial charge in [0.1, 0.15) is 5.54 Å². The Hall–Kier alpha value is -2.08. The Kier molecular flexibility index (Phi) is 4.97. The number of carbonyl (C=O) groups excluding carboxylic acids is 2. The van der Waals surface area contributed by atoms with Crippen molar-refractivity contribution in [3.63, 3.8) is 0 Å². The van der Waals surface area contributed by atoms with Gasteiger partial charge in [-0.1, -0.05) is 19.1 Å². The molecule has 26 heavy (non-hydrogen) atoms. The first-order valence-corrected chi connectivity index (χ1v) is 9.49. The first kappa shape index (κ1) is 18.7. The van der Waals surface area contributed by atoms with E-state index in [1.165, 1.54) is 0 Å². The topological polar surface area (TPSA) is 73.5 Å². The average Bonchev–Trinajstić information content (AvgIpc) is 2.57. The van der Waals surface area contributed by atoms with Gasteiger partial charge in [-0.15, -0.1) is 0 Å². The maximum Gasteiger partial charge on any atom is 0.250 e. The van der Waals surface area contributed by atoms with Gasteiger partial charge in [-0.05, 0) is 52.2 Å².